The predicted octanol–water partition coefficient (Wildman–Crippen LogP) is 0.517. The molecule has 2 aromatic rings. The Morgan fingerprint density at radius 2 is 2.17 bits per heavy atom. The largest absolute Gasteiger partial charge is 0.390 e. The highest BCUT2D eigenvalue weighted by atomic mass is 16.3. The Balaban J connectivity index is 2.67. The Hall–Kier alpha value is -1.55. The zero-order valence-electron chi connectivity index (χ0n) is 6.31. The summed E-state index contributed by atoms with van der Waals surface area (Å²) in [5.41, 5.74) is 2.07. The summed E-state index contributed by atoms with van der Waals surface area (Å²) >= 11 is 0. The van der Waals surface area contributed by atoms with Crippen LogP contribution in [0.1, 0.15) is 5.69 Å². The van der Waals surface area contributed by atoms with Crippen molar-refractivity contribution in [3.63, 3.8) is 0 Å². The SMILES string of the molecule is OCc1cnc2ccncc2n1. The summed E-state index contributed by atoms with van der Waals surface area (Å²) in [7, 11) is 0. The van der Waals surface area contributed by atoms with E-state index < -0.39 is 0 Å². The first kappa shape index (κ1) is 7.12. The lowest BCUT2D eigenvalue weighted by molar-refractivity contribution is 0.277. The zero-order chi connectivity index (χ0) is 8.39. The molecule has 0 spiro atoms. The van der Waals surface area contributed by atoms with Crippen LogP contribution in [0.15, 0.2) is 24.7 Å². The smallest absolute Gasteiger partial charge is 0.107 e. The number of fused-ring (bicyclic) bond motifs is 1. The van der Waals surface area contributed by atoms with Gasteiger partial charge in [0.15, 0.2) is 0 Å². The standard InChI is InChI=1S/C8H7N3O/c12-5-6-3-10-7-1-2-9-4-8(7)11-6/h1-4,12H,5H2. The van der Waals surface area contributed by atoms with Crippen molar-refractivity contribution in [2.24, 2.45) is 0 Å². The van der Waals surface area contributed by atoms with Crippen LogP contribution < -0.4 is 0 Å². The number of aliphatic hydroxyl groups is 1. The maximum atomic E-state index is 8.77. The molecule has 2 heterocycles. The minimum atomic E-state index is -0.0855. The van der Waals surface area contributed by atoms with Crippen molar-refractivity contribution in [2.75, 3.05) is 0 Å². The van der Waals surface area contributed by atoms with Crippen molar-refractivity contribution in [1.29, 1.82) is 0 Å². The maximum Gasteiger partial charge on any atom is 0.107 e. The third kappa shape index (κ3) is 1.12. The molecule has 0 fully saturated rings. The van der Waals surface area contributed by atoms with Gasteiger partial charge in [0.25, 0.3) is 0 Å². The molecule has 1 N–H and O–H groups in total. The van der Waals surface area contributed by atoms with Crippen LogP contribution in [-0.4, -0.2) is 20.1 Å². The second-order valence-corrected chi connectivity index (χ2v) is 2.38. The molecule has 0 aromatic carbocycles. The third-order valence-corrected chi connectivity index (χ3v) is 1.56. The van der Waals surface area contributed by atoms with Crippen LogP contribution >= 0.6 is 0 Å². The van der Waals surface area contributed by atoms with E-state index >= 15 is 0 Å². The summed E-state index contributed by atoms with van der Waals surface area (Å²) in [6.07, 6.45) is 4.85. The van der Waals surface area contributed by atoms with E-state index in [1.807, 2.05) is 0 Å². The first-order chi connectivity index (χ1) is 5.90. The number of aromatic nitrogens is 3. The van der Waals surface area contributed by atoms with E-state index in [1.165, 1.54) is 0 Å². The Bertz CT molecular complexity index is 402. The van der Waals surface area contributed by atoms with Crippen molar-refractivity contribution in [2.45, 2.75) is 6.61 Å². The van der Waals surface area contributed by atoms with Gasteiger partial charge in [-0.2, -0.15) is 0 Å². The van der Waals surface area contributed by atoms with Gasteiger partial charge in [0.05, 0.1) is 30.2 Å². The summed E-state index contributed by atoms with van der Waals surface area (Å²) in [4.78, 5) is 12.1. The molecule has 0 aliphatic heterocycles. The minimum Gasteiger partial charge on any atom is -0.390 e. The summed E-state index contributed by atoms with van der Waals surface area (Å²) in [6.45, 7) is -0.0855. The Morgan fingerprint density at radius 1 is 1.25 bits per heavy atom. The molecule has 0 radical (unpaired) electrons. The molecule has 4 nitrogen and oxygen atoms in total. The second-order valence-electron chi connectivity index (χ2n) is 2.38. The van der Waals surface area contributed by atoms with Crippen LogP contribution in [0.5, 0.6) is 0 Å². The number of rotatable bonds is 1. The lowest BCUT2D eigenvalue weighted by Crippen LogP contribution is -1.92. The van der Waals surface area contributed by atoms with Crippen LogP contribution in [0.25, 0.3) is 11.0 Å². The van der Waals surface area contributed by atoms with Crippen molar-refractivity contribution >= 4 is 11.0 Å². The van der Waals surface area contributed by atoms with Crippen molar-refractivity contribution in [1.82, 2.24) is 15.0 Å². The van der Waals surface area contributed by atoms with Crippen LogP contribution in [-0.2, 0) is 6.61 Å². The molecule has 4 heteroatoms. The molecule has 60 valence electrons. The second kappa shape index (κ2) is 2.83. The molecule has 0 aliphatic rings. The van der Waals surface area contributed by atoms with Gasteiger partial charge in [0.2, 0.25) is 0 Å². The van der Waals surface area contributed by atoms with E-state index in [9.17, 15) is 0 Å². The molecule has 0 bridgehead atoms. The molecule has 0 saturated carbocycles. The van der Waals surface area contributed by atoms with Crippen molar-refractivity contribution in [3.05, 3.63) is 30.4 Å². The fourth-order valence-electron chi connectivity index (χ4n) is 0.978. The van der Waals surface area contributed by atoms with E-state index in [0.29, 0.717) is 11.2 Å². The fraction of sp³-hybridized carbons (Fsp3) is 0.125. The van der Waals surface area contributed by atoms with E-state index in [-0.39, 0.29) is 6.61 Å². The molecule has 0 amide bonds. The normalized spacial score (nSPS) is 10.4. The molecule has 0 unspecified atom stereocenters. The zero-order valence-corrected chi connectivity index (χ0v) is 6.31. The minimum absolute atomic E-state index is 0.0855. The monoisotopic (exact) mass is 161 g/mol. The average Bonchev–Trinajstić information content (AvgIpc) is 2.17. The van der Waals surface area contributed by atoms with Gasteiger partial charge in [-0.3, -0.25) is 9.97 Å². The highest BCUT2D eigenvalue weighted by molar-refractivity contribution is 5.72. The Morgan fingerprint density at radius 3 is 3.00 bits per heavy atom. The number of aliphatic hydroxyl groups excluding tert-OH is 1. The molecule has 0 atom stereocenters. The highest BCUT2D eigenvalue weighted by Gasteiger charge is 1.96. The molecule has 0 saturated heterocycles. The first-order valence-electron chi connectivity index (χ1n) is 3.56. The van der Waals surface area contributed by atoms with Crippen LogP contribution in [0.4, 0.5) is 0 Å². The van der Waals surface area contributed by atoms with E-state index in [1.54, 1.807) is 24.7 Å². The van der Waals surface area contributed by atoms with Crippen LogP contribution in [0.3, 0.4) is 0 Å². The highest BCUT2D eigenvalue weighted by Crippen LogP contribution is 2.06. The first-order valence-corrected chi connectivity index (χ1v) is 3.56. The van der Waals surface area contributed by atoms with Crippen LogP contribution in [0.2, 0.25) is 0 Å². The topological polar surface area (TPSA) is 58.9 Å². The van der Waals surface area contributed by atoms with Gasteiger partial charge < -0.3 is 5.11 Å². The third-order valence-electron chi connectivity index (χ3n) is 1.56. The summed E-state index contributed by atoms with van der Waals surface area (Å²) < 4.78 is 0. The van der Waals surface area contributed by atoms with Gasteiger partial charge in [-0.25, -0.2) is 4.98 Å². The molecule has 12 heavy (non-hydrogen) atoms. The van der Waals surface area contributed by atoms with Crippen molar-refractivity contribution < 1.29 is 5.11 Å². The molecule has 2 rings (SSSR count). The summed E-state index contributed by atoms with van der Waals surface area (Å²) in [6, 6.07) is 1.78. The fourth-order valence-corrected chi connectivity index (χ4v) is 0.978. The number of hydrogen-bond acceptors (Lipinski definition) is 4. The molecule has 0 aliphatic carbocycles. The van der Waals surface area contributed by atoms with Gasteiger partial charge >= 0.3 is 0 Å². The summed E-state index contributed by atoms with van der Waals surface area (Å²) in [5, 5.41) is 8.77. The molecule has 2 aromatic heterocycles. The van der Waals surface area contributed by atoms with Crippen molar-refractivity contribution in [3.8, 4) is 0 Å². The summed E-state index contributed by atoms with van der Waals surface area (Å²) in [5.74, 6) is 0. The quantitative estimate of drug-likeness (QED) is 0.662. The lowest BCUT2D eigenvalue weighted by atomic mass is 10.3. The number of hydrogen-bond donors (Lipinski definition) is 1. The van der Waals surface area contributed by atoms with Gasteiger partial charge in [-0.15, -0.1) is 0 Å². The lowest BCUT2D eigenvalue weighted by Gasteiger charge is -1.96. The van der Waals surface area contributed by atoms with Gasteiger partial charge in [-0.1, -0.05) is 0 Å². The van der Waals surface area contributed by atoms with Gasteiger partial charge in [-0.05, 0) is 6.07 Å². The van der Waals surface area contributed by atoms with E-state index in [0.717, 1.165) is 5.52 Å². The molecular weight excluding hydrogens is 154 g/mol. The predicted molar refractivity (Wildman–Crippen MR) is 43.3 cm³/mol. The number of pyridine rings is 1. The Kier molecular flexibility index (Phi) is 1.68. The molecular formula is C8H7N3O. The van der Waals surface area contributed by atoms with Crippen LogP contribution in [0, 0.1) is 0 Å². The average molecular weight is 161 g/mol. The van der Waals surface area contributed by atoms with E-state index in [4.69, 9.17) is 5.11 Å². The van der Waals surface area contributed by atoms with Gasteiger partial charge in [0, 0.05) is 6.20 Å². The maximum absolute atomic E-state index is 8.77. The number of nitrogens with zero attached hydrogens (tertiary/aromatic N) is 3. The Labute approximate surface area is 68.9 Å². The van der Waals surface area contributed by atoms with E-state index in [2.05, 4.69) is 15.0 Å². The van der Waals surface area contributed by atoms with Gasteiger partial charge in [0.1, 0.15) is 5.52 Å².